The molecule has 0 radical (unpaired) electrons. The summed E-state index contributed by atoms with van der Waals surface area (Å²) in [6.07, 6.45) is 0. The predicted octanol–water partition coefficient (Wildman–Crippen LogP) is -0.720. The summed E-state index contributed by atoms with van der Waals surface area (Å²) in [4.78, 5) is 12.9. The number of aliphatic carboxylic acids is 1. The fraction of sp³-hybridized carbons (Fsp3) is 0.800. The van der Waals surface area contributed by atoms with Gasteiger partial charge in [0, 0.05) is 0 Å². The fourth-order valence-electron chi connectivity index (χ4n) is 1.83. The molecule has 0 unspecified atom stereocenters. The molecule has 0 aliphatic carbocycles. The Hall–Kier alpha value is -1.06. The van der Waals surface area contributed by atoms with Crippen molar-refractivity contribution in [1.82, 2.24) is 4.90 Å². The maximum atomic E-state index is 11.0. The molecule has 0 N–H and O–H groups in total. The highest BCUT2D eigenvalue weighted by atomic mass is 16.4. The van der Waals surface area contributed by atoms with Crippen LogP contribution in [0.5, 0.6) is 0 Å². The Morgan fingerprint density at radius 1 is 1.43 bits per heavy atom. The number of carbonyl (C=O) groups is 1. The Bertz CT molecular complexity index is 269. The fourth-order valence-corrected chi connectivity index (χ4v) is 1.83. The van der Waals surface area contributed by atoms with Crippen molar-refractivity contribution in [3.8, 4) is 0 Å². The molecule has 80 valence electrons. The number of rotatable bonds is 3. The Balaban J connectivity index is 3.02. The lowest BCUT2D eigenvalue weighted by molar-refractivity contribution is -0.550. The van der Waals surface area contributed by atoms with Gasteiger partial charge in [-0.2, -0.15) is 0 Å². The first-order chi connectivity index (χ1) is 6.45. The topological polar surface area (TPSA) is 46.4 Å². The maximum Gasteiger partial charge on any atom is 0.295 e. The molecule has 0 spiro atoms. The van der Waals surface area contributed by atoms with Crippen molar-refractivity contribution in [2.45, 2.75) is 39.8 Å². The number of amidine groups is 1. The van der Waals surface area contributed by atoms with Crippen LogP contribution in [0.1, 0.15) is 27.7 Å². The molecule has 14 heavy (non-hydrogen) atoms. The van der Waals surface area contributed by atoms with Gasteiger partial charge >= 0.3 is 0 Å². The summed E-state index contributed by atoms with van der Waals surface area (Å²) in [5.41, 5.74) is 0. The molecular weight excluding hydrogens is 180 g/mol. The third-order valence-corrected chi connectivity index (χ3v) is 2.56. The highest BCUT2D eigenvalue weighted by Crippen LogP contribution is 2.08. The Morgan fingerprint density at radius 3 is 2.36 bits per heavy atom. The lowest BCUT2D eigenvalue weighted by atomic mass is 10.3. The molecule has 0 atom stereocenters. The van der Waals surface area contributed by atoms with E-state index in [-0.39, 0.29) is 12.1 Å². The third kappa shape index (κ3) is 1.89. The number of carboxylic acid groups (broad SMARTS) is 1. The van der Waals surface area contributed by atoms with Crippen LogP contribution in [0.2, 0.25) is 0 Å². The van der Waals surface area contributed by atoms with Gasteiger partial charge in [0.25, 0.3) is 5.84 Å². The molecule has 0 aromatic carbocycles. The lowest BCUT2D eigenvalue weighted by Crippen LogP contribution is -2.47. The van der Waals surface area contributed by atoms with Crippen molar-refractivity contribution in [3.05, 3.63) is 0 Å². The third-order valence-electron chi connectivity index (χ3n) is 2.56. The summed E-state index contributed by atoms with van der Waals surface area (Å²) in [6, 6.07) is 0.429. The molecule has 1 aliphatic heterocycles. The maximum absolute atomic E-state index is 11.0. The molecule has 1 heterocycles. The number of hydrogen-bond acceptors (Lipinski definition) is 3. The Kier molecular flexibility index (Phi) is 3.13. The van der Waals surface area contributed by atoms with Crippen molar-refractivity contribution < 1.29 is 14.5 Å². The van der Waals surface area contributed by atoms with E-state index >= 15 is 0 Å². The second-order valence-electron chi connectivity index (χ2n) is 4.19. The molecule has 0 saturated carbocycles. The normalized spacial score (nSPS) is 17.4. The molecule has 0 aromatic heterocycles. The molecule has 4 nitrogen and oxygen atoms in total. The first-order valence-corrected chi connectivity index (χ1v) is 5.06. The number of carbonyl (C=O) groups excluding carboxylic acids is 1. The minimum atomic E-state index is -1.06. The molecule has 4 heteroatoms. The van der Waals surface area contributed by atoms with E-state index < -0.39 is 5.97 Å². The average Bonchev–Trinajstić information content (AvgIpc) is 2.46. The van der Waals surface area contributed by atoms with E-state index in [1.54, 1.807) is 0 Å². The van der Waals surface area contributed by atoms with Crippen molar-refractivity contribution >= 4 is 11.8 Å². The second kappa shape index (κ2) is 3.98. The van der Waals surface area contributed by atoms with Gasteiger partial charge in [-0.3, -0.25) is 9.48 Å². The van der Waals surface area contributed by atoms with Gasteiger partial charge in [0.05, 0.1) is 12.1 Å². The lowest BCUT2D eigenvalue weighted by Gasteiger charge is -2.18. The van der Waals surface area contributed by atoms with E-state index in [9.17, 15) is 9.90 Å². The minimum Gasteiger partial charge on any atom is -0.538 e. The van der Waals surface area contributed by atoms with Crippen LogP contribution >= 0.6 is 0 Å². The van der Waals surface area contributed by atoms with Crippen LogP contribution in [0.15, 0.2) is 0 Å². The zero-order chi connectivity index (χ0) is 10.9. The van der Waals surface area contributed by atoms with Gasteiger partial charge in [-0.1, -0.05) is 0 Å². The van der Waals surface area contributed by atoms with Crippen LogP contribution in [0.3, 0.4) is 0 Å². The summed E-state index contributed by atoms with van der Waals surface area (Å²) in [5, 5.41) is 11.0. The number of hydrogen-bond donors (Lipinski definition) is 0. The van der Waals surface area contributed by atoms with Crippen LogP contribution in [0, 0.1) is 0 Å². The summed E-state index contributed by atoms with van der Waals surface area (Å²) in [7, 11) is 0. The predicted molar refractivity (Wildman–Crippen MR) is 52.1 cm³/mol. The Labute approximate surface area is 84.8 Å². The first kappa shape index (κ1) is 11.0. The van der Waals surface area contributed by atoms with E-state index in [2.05, 4.69) is 0 Å². The molecule has 0 bridgehead atoms. The van der Waals surface area contributed by atoms with Crippen LogP contribution in [-0.2, 0) is 4.79 Å². The highest BCUT2D eigenvalue weighted by molar-refractivity contribution is 6.31. The van der Waals surface area contributed by atoms with Gasteiger partial charge in [0.2, 0.25) is 0 Å². The van der Waals surface area contributed by atoms with E-state index in [1.165, 1.54) is 0 Å². The largest absolute Gasteiger partial charge is 0.538 e. The van der Waals surface area contributed by atoms with E-state index in [4.69, 9.17) is 0 Å². The van der Waals surface area contributed by atoms with Crippen molar-refractivity contribution in [2.24, 2.45) is 0 Å². The Morgan fingerprint density at radius 2 is 2.00 bits per heavy atom. The van der Waals surface area contributed by atoms with E-state index in [0.29, 0.717) is 5.84 Å². The van der Waals surface area contributed by atoms with Gasteiger partial charge in [-0.25, -0.2) is 0 Å². The average molecular weight is 198 g/mol. The summed E-state index contributed by atoms with van der Waals surface area (Å²) in [5.74, 6) is -0.722. The molecule has 1 rings (SSSR count). The number of carboxylic acids is 1. The van der Waals surface area contributed by atoms with Gasteiger partial charge in [0.15, 0.2) is 5.97 Å². The molecule has 1 aliphatic rings. The van der Waals surface area contributed by atoms with Crippen molar-refractivity contribution in [1.29, 1.82) is 0 Å². The summed E-state index contributed by atoms with van der Waals surface area (Å²) >= 11 is 0. The standard InChI is InChI=1S/C10H18N2O2/c1-7(2)11-5-6-12(8(3)4)9(11)10(13)14/h7-8H,5-6H2,1-4H3. The monoisotopic (exact) mass is 198 g/mol. The van der Waals surface area contributed by atoms with Crippen LogP contribution in [0.4, 0.5) is 0 Å². The van der Waals surface area contributed by atoms with Gasteiger partial charge in [-0.05, 0) is 27.7 Å². The zero-order valence-corrected chi connectivity index (χ0v) is 9.28. The van der Waals surface area contributed by atoms with Crippen molar-refractivity contribution in [2.75, 3.05) is 13.1 Å². The molecule has 0 amide bonds. The second-order valence-corrected chi connectivity index (χ2v) is 4.19. The molecule has 0 aromatic rings. The van der Waals surface area contributed by atoms with E-state index in [1.807, 2.05) is 37.2 Å². The summed E-state index contributed by atoms with van der Waals surface area (Å²) in [6.45, 7) is 9.53. The van der Waals surface area contributed by atoms with Crippen LogP contribution in [-0.4, -0.2) is 46.5 Å². The minimum absolute atomic E-state index is 0.214. The van der Waals surface area contributed by atoms with Crippen molar-refractivity contribution in [3.63, 3.8) is 0 Å². The van der Waals surface area contributed by atoms with E-state index in [0.717, 1.165) is 13.1 Å². The van der Waals surface area contributed by atoms with Gasteiger partial charge in [-0.15, -0.1) is 0 Å². The molecular formula is C10H18N2O2. The quantitative estimate of drug-likeness (QED) is 0.562. The highest BCUT2D eigenvalue weighted by Gasteiger charge is 2.34. The van der Waals surface area contributed by atoms with Gasteiger partial charge < -0.3 is 9.90 Å². The SMILES string of the molecule is CC(C)N1CC[N+](C(C)C)=C1C(=O)[O-]. The van der Waals surface area contributed by atoms with Crippen LogP contribution in [0.25, 0.3) is 0 Å². The first-order valence-electron chi connectivity index (χ1n) is 5.06. The molecule has 0 saturated heterocycles. The smallest absolute Gasteiger partial charge is 0.295 e. The van der Waals surface area contributed by atoms with Gasteiger partial charge in [0.1, 0.15) is 13.1 Å². The number of nitrogens with zero attached hydrogens (tertiary/aromatic N) is 2. The van der Waals surface area contributed by atoms with Crippen LogP contribution < -0.4 is 5.11 Å². The summed E-state index contributed by atoms with van der Waals surface area (Å²) < 4.78 is 1.88. The molecule has 0 fully saturated rings. The zero-order valence-electron chi connectivity index (χ0n) is 9.28.